The third-order valence-corrected chi connectivity index (χ3v) is 2.88. The molecule has 4 nitrogen and oxygen atoms in total. The van der Waals surface area contributed by atoms with Crippen molar-refractivity contribution >= 4 is 33.4 Å². The Bertz CT molecular complexity index is 278. The van der Waals surface area contributed by atoms with Gasteiger partial charge in [0.15, 0.2) is 5.69 Å². The summed E-state index contributed by atoms with van der Waals surface area (Å²) in [4.78, 5) is 13.5. The molecule has 0 fully saturated rings. The smallest absolute Gasteiger partial charge is 0.275 e. The highest BCUT2D eigenvalue weighted by Gasteiger charge is 2.15. The maximum Gasteiger partial charge on any atom is 0.275 e. The molecule has 0 bridgehead atoms. The highest BCUT2D eigenvalue weighted by molar-refractivity contribution is 9.09. The summed E-state index contributed by atoms with van der Waals surface area (Å²) in [6.45, 7) is 3.44. The summed E-state index contributed by atoms with van der Waals surface area (Å²) in [6, 6.07) is 0. The standard InChI is InChI=1S/C8H12BrN3OS/c1-2-12(5-3-4-9)8(13)7-6-14-11-10-7/h6H,2-5H2,1H3. The number of rotatable bonds is 5. The average molecular weight is 278 g/mol. The van der Waals surface area contributed by atoms with Crippen molar-refractivity contribution in [2.75, 3.05) is 18.4 Å². The lowest BCUT2D eigenvalue weighted by Gasteiger charge is -2.18. The van der Waals surface area contributed by atoms with Gasteiger partial charge in [0.1, 0.15) is 0 Å². The number of alkyl halides is 1. The van der Waals surface area contributed by atoms with Crippen molar-refractivity contribution in [3.63, 3.8) is 0 Å². The molecule has 1 aromatic rings. The second kappa shape index (κ2) is 6.08. The van der Waals surface area contributed by atoms with Crippen LogP contribution in [0.3, 0.4) is 0 Å². The zero-order chi connectivity index (χ0) is 10.4. The number of hydrogen-bond acceptors (Lipinski definition) is 4. The summed E-state index contributed by atoms with van der Waals surface area (Å²) < 4.78 is 3.68. The van der Waals surface area contributed by atoms with Gasteiger partial charge in [-0.05, 0) is 24.9 Å². The van der Waals surface area contributed by atoms with Crippen molar-refractivity contribution in [3.05, 3.63) is 11.1 Å². The number of halogens is 1. The van der Waals surface area contributed by atoms with Crippen molar-refractivity contribution in [1.29, 1.82) is 0 Å². The molecule has 0 unspecified atom stereocenters. The number of amides is 1. The van der Waals surface area contributed by atoms with Crippen LogP contribution < -0.4 is 0 Å². The molecule has 0 atom stereocenters. The van der Waals surface area contributed by atoms with Gasteiger partial charge in [0.25, 0.3) is 5.91 Å². The molecular weight excluding hydrogens is 266 g/mol. The molecule has 0 saturated heterocycles. The van der Waals surface area contributed by atoms with E-state index in [2.05, 4.69) is 25.5 Å². The summed E-state index contributed by atoms with van der Waals surface area (Å²) in [7, 11) is 0. The van der Waals surface area contributed by atoms with E-state index < -0.39 is 0 Å². The molecule has 0 aliphatic heterocycles. The molecule has 1 aromatic heterocycles. The molecule has 0 radical (unpaired) electrons. The monoisotopic (exact) mass is 277 g/mol. The van der Waals surface area contributed by atoms with Crippen molar-refractivity contribution < 1.29 is 4.79 Å². The molecule has 1 heterocycles. The fraction of sp³-hybridized carbons (Fsp3) is 0.625. The van der Waals surface area contributed by atoms with E-state index in [-0.39, 0.29) is 5.91 Å². The van der Waals surface area contributed by atoms with E-state index in [4.69, 9.17) is 0 Å². The van der Waals surface area contributed by atoms with Crippen LogP contribution in [-0.2, 0) is 0 Å². The van der Waals surface area contributed by atoms with Crippen molar-refractivity contribution in [1.82, 2.24) is 14.5 Å². The largest absolute Gasteiger partial charge is 0.337 e. The van der Waals surface area contributed by atoms with Crippen LogP contribution in [0.5, 0.6) is 0 Å². The highest BCUT2D eigenvalue weighted by atomic mass is 79.9. The molecule has 0 spiro atoms. The van der Waals surface area contributed by atoms with Gasteiger partial charge in [0.05, 0.1) is 0 Å². The predicted octanol–water partition coefficient (Wildman–Crippen LogP) is 1.79. The minimum absolute atomic E-state index is 0.0257. The molecule has 1 rings (SSSR count). The van der Waals surface area contributed by atoms with Gasteiger partial charge in [0, 0.05) is 23.8 Å². The molecule has 14 heavy (non-hydrogen) atoms. The lowest BCUT2D eigenvalue weighted by Crippen LogP contribution is -2.32. The average Bonchev–Trinajstić information content (AvgIpc) is 2.71. The number of nitrogens with zero attached hydrogens (tertiary/aromatic N) is 3. The summed E-state index contributed by atoms with van der Waals surface area (Å²) >= 11 is 4.54. The predicted molar refractivity (Wildman–Crippen MR) is 59.9 cm³/mol. The van der Waals surface area contributed by atoms with Gasteiger partial charge in [-0.3, -0.25) is 4.79 Å². The van der Waals surface area contributed by atoms with Crippen molar-refractivity contribution in [2.45, 2.75) is 13.3 Å². The summed E-state index contributed by atoms with van der Waals surface area (Å²) in [5.74, 6) is -0.0257. The number of hydrogen-bond donors (Lipinski definition) is 0. The normalized spacial score (nSPS) is 10.1. The van der Waals surface area contributed by atoms with Crippen LogP contribution in [0.15, 0.2) is 5.38 Å². The minimum atomic E-state index is -0.0257. The van der Waals surface area contributed by atoms with Crippen LogP contribution in [0.1, 0.15) is 23.8 Å². The summed E-state index contributed by atoms with van der Waals surface area (Å²) in [5.41, 5.74) is 0.450. The van der Waals surface area contributed by atoms with Gasteiger partial charge >= 0.3 is 0 Å². The third-order valence-electron chi connectivity index (χ3n) is 1.81. The van der Waals surface area contributed by atoms with Crippen LogP contribution in [0, 0.1) is 0 Å². The molecular formula is C8H12BrN3OS. The maximum absolute atomic E-state index is 11.8. The first-order valence-electron chi connectivity index (χ1n) is 4.42. The summed E-state index contributed by atoms with van der Waals surface area (Å²) in [6.07, 6.45) is 0.956. The van der Waals surface area contributed by atoms with E-state index in [1.165, 1.54) is 11.5 Å². The Balaban J connectivity index is 2.56. The molecule has 0 saturated carbocycles. The highest BCUT2D eigenvalue weighted by Crippen LogP contribution is 2.04. The van der Waals surface area contributed by atoms with E-state index in [0.717, 1.165) is 18.3 Å². The third kappa shape index (κ3) is 3.02. The van der Waals surface area contributed by atoms with E-state index in [0.29, 0.717) is 12.2 Å². The zero-order valence-electron chi connectivity index (χ0n) is 7.94. The van der Waals surface area contributed by atoms with Crippen molar-refractivity contribution in [3.8, 4) is 0 Å². The summed E-state index contributed by atoms with van der Waals surface area (Å²) in [5, 5.41) is 6.35. The first-order chi connectivity index (χ1) is 6.79. The number of carbonyl (C=O) groups excluding carboxylic acids is 1. The second-order valence-electron chi connectivity index (χ2n) is 2.72. The fourth-order valence-electron chi connectivity index (χ4n) is 1.07. The Morgan fingerprint density at radius 1 is 1.71 bits per heavy atom. The minimum Gasteiger partial charge on any atom is -0.337 e. The second-order valence-corrected chi connectivity index (χ2v) is 4.12. The van der Waals surface area contributed by atoms with E-state index in [1.54, 1.807) is 10.3 Å². The lowest BCUT2D eigenvalue weighted by molar-refractivity contribution is 0.0759. The first kappa shape index (κ1) is 11.6. The molecule has 0 aliphatic carbocycles. The number of carbonyl (C=O) groups is 1. The topological polar surface area (TPSA) is 46.1 Å². The van der Waals surface area contributed by atoms with Gasteiger partial charge in [-0.1, -0.05) is 20.4 Å². The molecule has 6 heteroatoms. The number of aromatic nitrogens is 2. The van der Waals surface area contributed by atoms with Gasteiger partial charge in [-0.2, -0.15) is 0 Å². The van der Waals surface area contributed by atoms with Gasteiger partial charge < -0.3 is 4.90 Å². The fourth-order valence-corrected chi connectivity index (χ4v) is 1.75. The Morgan fingerprint density at radius 2 is 2.50 bits per heavy atom. The Kier molecular flexibility index (Phi) is 5.03. The van der Waals surface area contributed by atoms with Gasteiger partial charge in [-0.25, -0.2) is 0 Å². The Labute approximate surface area is 95.6 Å². The van der Waals surface area contributed by atoms with Gasteiger partial charge in [-0.15, -0.1) is 5.10 Å². The van der Waals surface area contributed by atoms with E-state index in [1.807, 2.05) is 6.92 Å². The maximum atomic E-state index is 11.8. The Hall–Kier alpha value is -0.490. The van der Waals surface area contributed by atoms with Crippen LogP contribution in [0.25, 0.3) is 0 Å². The molecule has 0 N–H and O–H groups in total. The first-order valence-corrected chi connectivity index (χ1v) is 6.37. The van der Waals surface area contributed by atoms with Gasteiger partial charge in [0.2, 0.25) is 0 Å². The van der Waals surface area contributed by atoms with Crippen molar-refractivity contribution in [2.24, 2.45) is 0 Å². The van der Waals surface area contributed by atoms with Crippen LogP contribution >= 0.6 is 27.5 Å². The SMILES string of the molecule is CCN(CCCBr)C(=O)c1csnn1. The molecule has 1 amide bonds. The van der Waals surface area contributed by atoms with Crippen LogP contribution in [0.2, 0.25) is 0 Å². The molecule has 0 aromatic carbocycles. The Morgan fingerprint density at radius 3 is 3.00 bits per heavy atom. The quantitative estimate of drug-likeness (QED) is 0.771. The zero-order valence-corrected chi connectivity index (χ0v) is 10.3. The van der Waals surface area contributed by atoms with Crippen LogP contribution in [-0.4, -0.2) is 38.8 Å². The molecule has 78 valence electrons. The van der Waals surface area contributed by atoms with E-state index in [9.17, 15) is 4.79 Å². The van der Waals surface area contributed by atoms with Crippen LogP contribution in [0.4, 0.5) is 0 Å². The molecule has 0 aliphatic rings. The lowest BCUT2D eigenvalue weighted by atomic mass is 10.3. The van der Waals surface area contributed by atoms with E-state index >= 15 is 0 Å².